The molecule has 2 aromatic carbocycles. The number of halogens is 2. The van der Waals surface area contributed by atoms with Crippen molar-refractivity contribution < 1.29 is 27.4 Å². The number of benzene rings is 2. The molecule has 2 saturated carbocycles. The molecule has 32 heavy (non-hydrogen) atoms. The summed E-state index contributed by atoms with van der Waals surface area (Å²) in [4.78, 5) is 12.7. The Balaban J connectivity index is 1.59. The quantitative estimate of drug-likeness (QED) is 0.658. The predicted molar refractivity (Wildman–Crippen MR) is 119 cm³/mol. The highest BCUT2D eigenvalue weighted by Crippen LogP contribution is 2.51. The third kappa shape index (κ3) is 4.00. The largest absolute Gasteiger partial charge is 0.494 e. The van der Waals surface area contributed by atoms with Gasteiger partial charge in [0.15, 0.2) is 21.4 Å². The third-order valence-electron chi connectivity index (χ3n) is 6.96. The maximum Gasteiger partial charge on any atom is 0.255 e. The van der Waals surface area contributed by atoms with Crippen LogP contribution in [0.25, 0.3) is 0 Å². The van der Waals surface area contributed by atoms with Gasteiger partial charge in [-0.05, 0) is 74.8 Å². The van der Waals surface area contributed by atoms with Gasteiger partial charge < -0.3 is 15.2 Å². The van der Waals surface area contributed by atoms with E-state index in [4.69, 9.17) is 16.3 Å². The van der Waals surface area contributed by atoms with Crippen molar-refractivity contribution in [2.75, 3.05) is 12.4 Å². The molecule has 0 aliphatic heterocycles. The summed E-state index contributed by atoms with van der Waals surface area (Å²) in [6, 6.07) is 7.99. The number of aliphatic hydroxyl groups is 1. The highest BCUT2D eigenvalue weighted by Gasteiger charge is 2.53. The first kappa shape index (κ1) is 23.0. The summed E-state index contributed by atoms with van der Waals surface area (Å²) in [5, 5.41) is 12.7. The van der Waals surface area contributed by atoms with Crippen molar-refractivity contribution in [1.29, 1.82) is 0 Å². The van der Waals surface area contributed by atoms with E-state index in [1.807, 2.05) is 0 Å². The fourth-order valence-corrected chi connectivity index (χ4v) is 7.40. The number of hydrogen-bond donors (Lipinski definition) is 2. The number of amides is 1. The molecule has 0 radical (unpaired) electrons. The number of nitrogens with one attached hydrogen (secondary N) is 1. The first-order valence-corrected chi connectivity index (χ1v) is 12.4. The summed E-state index contributed by atoms with van der Waals surface area (Å²) in [6.07, 6.45) is 2.35. The highest BCUT2D eigenvalue weighted by atomic mass is 35.5. The van der Waals surface area contributed by atoms with Gasteiger partial charge in [-0.1, -0.05) is 11.6 Å². The zero-order chi connectivity index (χ0) is 23.3. The van der Waals surface area contributed by atoms with Gasteiger partial charge in [-0.3, -0.25) is 4.79 Å². The number of anilines is 1. The van der Waals surface area contributed by atoms with Crippen molar-refractivity contribution in [3.05, 3.63) is 52.8 Å². The summed E-state index contributed by atoms with van der Waals surface area (Å²) in [6.45, 7) is 1.79. The normalized spacial score (nSPS) is 27.2. The van der Waals surface area contributed by atoms with Crippen molar-refractivity contribution in [1.82, 2.24) is 0 Å². The fourth-order valence-electron chi connectivity index (χ4n) is 5.00. The molecule has 4 rings (SSSR count). The van der Waals surface area contributed by atoms with Crippen molar-refractivity contribution in [2.24, 2.45) is 11.8 Å². The summed E-state index contributed by atoms with van der Waals surface area (Å²) >= 11 is 6.25. The fraction of sp³-hybridized carbons (Fsp3) is 0.435. The molecule has 9 heteroatoms. The Morgan fingerprint density at radius 3 is 2.47 bits per heavy atom. The minimum Gasteiger partial charge on any atom is -0.494 e. The molecule has 3 unspecified atom stereocenters. The van der Waals surface area contributed by atoms with Gasteiger partial charge in [0.1, 0.15) is 0 Å². The monoisotopic (exact) mass is 481 g/mol. The zero-order valence-corrected chi connectivity index (χ0v) is 19.3. The van der Waals surface area contributed by atoms with Gasteiger partial charge in [0.25, 0.3) is 5.91 Å². The van der Waals surface area contributed by atoms with Gasteiger partial charge in [-0.2, -0.15) is 0 Å². The molecule has 2 fully saturated rings. The number of rotatable bonds is 5. The second kappa shape index (κ2) is 8.32. The number of hydrogen-bond acceptors (Lipinski definition) is 5. The topological polar surface area (TPSA) is 92.7 Å². The molecule has 2 aliphatic rings. The van der Waals surface area contributed by atoms with E-state index < -0.39 is 32.4 Å². The predicted octanol–water partition coefficient (Wildman–Crippen LogP) is 4.45. The Kier molecular flexibility index (Phi) is 5.98. The average molecular weight is 482 g/mol. The van der Waals surface area contributed by atoms with E-state index in [1.54, 1.807) is 6.92 Å². The van der Waals surface area contributed by atoms with E-state index in [9.17, 15) is 22.7 Å². The number of fused-ring (bicyclic) bond motifs is 2. The number of carbonyl (C=O) groups excluding carboxylic acids is 1. The van der Waals surface area contributed by atoms with Crippen LogP contribution in [0.4, 0.5) is 10.1 Å². The molecule has 1 amide bonds. The zero-order valence-electron chi connectivity index (χ0n) is 17.8. The second-order valence-corrected chi connectivity index (χ2v) is 11.4. The highest BCUT2D eigenvalue weighted by molar-refractivity contribution is 7.92. The molecule has 2 N–H and O–H groups in total. The van der Waals surface area contributed by atoms with Crippen LogP contribution in [0, 0.1) is 17.7 Å². The van der Waals surface area contributed by atoms with Crippen LogP contribution in [-0.2, 0) is 9.84 Å². The SMILES string of the molecule is COc1cc(NC(=O)c2ccc(Cl)c(S(=O)(=O)C3CC4CC[C@H](C3)C4(C)O)c2)ccc1F. The Hall–Kier alpha value is -2.16. The lowest BCUT2D eigenvalue weighted by Crippen LogP contribution is -2.45. The van der Waals surface area contributed by atoms with Gasteiger partial charge in [0.2, 0.25) is 0 Å². The number of methoxy groups -OCH3 is 1. The third-order valence-corrected chi connectivity index (χ3v) is 9.61. The van der Waals surface area contributed by atoms with Crippen LogP contribution in [0.2, 0.25) is 5.02 Å². The van der Waals surface area contributed by atoms with Crippen molar-refractivity contribution >= 4 is 33.0 Å². The van der Waals surface area contributed by atoms with Crippen LogP contribution in [0.15, 0.2) is 41.3 Å². The molecule has 6 nitrogen and oxygen atoms in total. The molecule has 0 saturated heterocycles. The Morgan fingerprint density at radius 2 is 1.84 bits per heavy atom. The smallest absolute Gasteiger partial charge is 0.255 e. The number of ether oxygens (including phenoxy) is 1. The van der Waals surface area contributed by atoms with Crippen LogP contribution >= 0.6 is 11.6 Å². The van der Waals surface area contributed by atoms with E-state index in [2.05, 4.69) is 5.32 Å². The molecule has 2 bridgehead atoms. The average Bonchev–Trinajstić information content (AvgIpc) is 2.92. The lowest BCUT2D eigenvalue weighted by molar-refractivity contribution is -0.0413. The Labute approximate surface area is 191 Å². The summed E-state index contributed by atoms with van der Waals surface area (Å²) < 4.78 is 45.4. The minimum absolute atomic E-state index is 0.0232. The molecule has 0 spiro atoms. The first-order valence-electron chi connectivity index (χ1n) is 10.4. The van der Waals surface area contributed by atoms with Gasteiger partial charge in [-0.25, -0.2) is 12.8 Å². The minimum atomic E-state index is -3.81. The van der Waals surface area contributed by atoms with Gasteiger partial charge >= 0.3 is 0 Å². The lowest BCUT2D eigenvalue weighted by Gasteiger charge is -2.40. The summed E-state index contributed by atoms with van der Waals surface area (Å²) in [7, 11) is -2.49. The van der Waals surface area contributed by atoms with Crippen molar-refractivity contribution in [2.45, 2.75) is 48.4 Å². The summed E-state index contributed by atoms with van der Waals surface area (Å²) in [5.41, 5.74) is -0.422. The van der Waals surface area contributed by atoms with E-state index in [0.29, 0.717) is 18.5 Å². The molecule has 0 aromatic heterocycles. The first-order chi connectivity index (χ1) is 15.0. The van der Waals surface area contributed by atoms with E-state index in [1.165, 1.54) is 43.5 Å². The van der Waals surface area contributed by atoms with Crippen LogP contribution < -0.4 is 10.1 Å². The standard InChI is InChI=1S/C23H25ClFNO5S/c1-23(28)14-4-5-15(23)11-17(10-14)32(29,30)21-9-13(3-7-18(21)24)22(27)26-16-6-8-19(25)20(12-16)31-2/h3,6-9,12,14-15,17,28H,4-5,10-11H2,1-2H3,(H,26,27)/t14-,15?,17?,23?/m1/s1. The molecule has 172 valence electrons. The number of sulfone groups is 1. The van der Waals surface area contributed by atoms with Crippen LogP contribution in [0.1, 0.15) is 43.0 Å². The number of carbonyl (C=O) groups is 1. The Morgan fingerprint density at radius 1 is 1.19 bits per heavy atom. The van der Waals surface area contributed by atoms with Gasteiger partial charge in [-0.15, -0.1) is 0 Å². The van der Waals surface area contributed by atoms with Crippen molar-refractivity contribution in [3.8, 4) is 5.75 Å². The second-order valence-electron chi connectivity index (χ2n) is 8.78. The molecular weight excluding hydrogens is 457 g/mol. The van der Waals surface area contributed by atoms with Gasteiger partial charge in [0, 0.05) is 17.3 Å². The molecular formula is C23H25ClFNO5S. The van der Waals surface area contributed by atoms with Gasteiger partial charge in [0.05, 0.1) is 27.9 Å². The van der Waals surface area contributed by atoms with Crippen LogP contribution in [-0.4, -0.2) is 37.4 Å². The molecule has 2 aliphatic carbocycles. The van der Waals surface area contributed by atoms with Crippen LogP contribution in [0.5, 0.6) is 5.75 Å². The van der Waals surface area contributed by atoms with E-state index in [0.717, 1.165) is 12.8 Å². The van der Waals surface area contributed by atoms with Crippen LogP contribution in [0.3, 0.4) is 0 Å². The lowest BCUT2D eigenvalue weighted by atomic mass is 9.76. The molecule has 0 heterocycles. The maximum absolute atomic E-state index is 13.6. The van der Waals surface area contributed by atoms with E-state index >= 15 is 0 Å². The summed E-state index contributed by atoms with van der Waals surface area (Å²) in [5.74, 6) is -1.28. The van der Waals surface area contributed by atoms with Crippen molar-refractivity contribution in [3.63, 3.8) is 0 Å². The Bertz CT molecular complexity index is 1150. The maximum atomic E-state index is 13.6. The molecule has 2 aromatic rings. The molecule has 4 atom stereocenters. The van der Waals surface area contributed by atoms with E-state index in [-0.39, 0.29) is 33.1 Å².